The minimum atomic E-state index is -3.45. The summed E-state index contributed by atoms with van der Waals surface area (Å²) in [6, 6.07) is 7.19. The quantitative estimate of drug-likeness (QED) is 0.688. The van der Waals surface area contributed by atoms with Gasteiger partial charge < -0.3 is 5.11 Å². The van der Waals surface area contributed by atoms with Gasteiger partial charge in [0.2, 0.25) is 0 Å². The molecule has 2 rings (SSSR count). The number of hydrogen-bond donors (Lipinski definition) is 3. The first-order valence-corrected chi connectivity index (χ1v) is 8.48. The Morgan fingerprint density at radius 2 is 2.00 bits per heavy atom. The lowest BCUT2D eigenvalue weighted by Crippen LogP contribution is -2.39. The Hall–Kier alpha value is -1.39. The predicted molar refractivity (Wildman–Crippen MR) is 81.7 cm³/mol. The van der Waals surface area contributed by atoms with E-state index in [9.17, 15) is 8.42 Å². The van der Waals surface area contributed by atoms with Crippen LogP contribution < -0.4 is 9.44 Å². The maximum absolute atomic E-state index is 11.8. The maximum Gasteiger partial charge on any atom is 0.277 e. The van der Waals surface area contributed by atoms with Crippen molar-refractivity contribution in [2.75, 3.05) is 6.61 Å². The van der Waals surface area contributed by atoms with E-state index in [0.29, 0.717) is 6.42 Å². The molecule has 1 saturated carbocycles. The first-order valence-electron chi connectivity index (χ1n) is 6.99. The molecular formula is C15H20N2O3S. The predicted octanol–water partition coefficient (Wildman–Crippen LogP) is 1.07. The van der Waals surface area contributed by atoms with Crippen molar-refractivity contribution < 1.29 is 13.5 Å². The third-order valence-electron chi connectivity index (χ3n) is 3.11. The number of hydrogen-bond acceptors (Lipinski definition) is 3. The van der Waals surface area contributed by atoms with Crippen molar-refractivity contribution in [2.45, 2.75) is 38.3 Å². The molecule has 0 saturated heterocycles. The van der Waals surface area contributed by atoms with Gasteiger partial charge in [0.25, 0.3) is 10.2 Å². The van der Waals surface area contributed by atoms with Gasteiger partial charge in [0.05, 0.1) is 6.61 Å². The second kappa shape index (κ2) is 7.05. The number of nitrogens with one attached hydrogen (secondary N) is 2. The molecule has 6 heteroatoms. The first-order chi connectivity index (χ1) is 10.00. The summed E-state index contributed by atoms with van der Waals surface area (Å²) >= 11 is 0. The summed E-state index contributed by atoms with van der Waals surface area (Å²) in [6.07, 6.45) is 2.28. The average molecular weight is 308 g/mol. The minimum absolute atomic E-state index is 0.0535. The fraction of sp³-hybridized carbons (Fsp3) is 0.467. The molecule has 114 valence electrons. The summed E-state index contributed by atoms with van der Waals surface area (Å²) in [6.45, 7) is 1.86. The van der Waals surface area contributed by atoms with Gasteiger partial charge in [-0.1, -0.05) is 24.0 Å². The summed E-state index contributed by atoms with van der Waals surface area (Å²) in [5, 5.41) is 8.66. The van der Waals surface area contributed by atoms with Gasteiger partial charge in [0.15, 0.2) is 0 Å². The van der Waals surface area contributed by atoms with Crippen LogP contribution in [-0.4, -0.2) is 26.2 Å². The smallest absolute Gasteiger partial charge is 0.277 e. The van der Waals surface area contributed by atoms with Crippen LogP contribution in [0.3, 0.4) is 0 Å². The number of aliphatic hydroxyl groups is 1. The normalized spacial score (nSPS) is 16.1. The largest absolute Gasteiger partial charge is 0.395 e. The molecule has 3 N–H and O–H groups in total. The van der Waals surface area contributed by atoms with Crippen molar-refractivity contribution in [3.05, 3.63) is 35.4 Å². The van der Waals surface area contributed by atoms with Crippen LogP contribution in [0.1, 0.15) is 43.4 Å². The molecule has 1 aliphatic carbocycles. The second-order valence-corrected chi connectivity index (χ2v) is 6.61. The summed E-state index contributed by atoms with van der Waals surface area (Å²) < 4.78 is 28.9. The van der Waals surface area contributed by atoms with E-state index >= 15 is 0 Å². The van der Waals surface area contributed by atoms with Gasteiger partial charge >= 0.3 is 0 Å². The highest BCUT2D eigenvalue weighted by Gasteiger charge is 2.27. The topological polar surface area (TPSA) is 78.4 Å². The van der Waals surface area contributed by atoms with Crippen molar-refractivity contribution in [1.29, 1.82) is 0 Å². The minimum Gasteiger partial charge on any atom is -0.395 e. The molecule has 0 radical (unpaired) electrons. The lowest BCUT2D eigenvalue weighted by atomic mass is 10.1. The molecule has 21 heavy (non-hydrogen) atoms. The Labute approximate surface area is 125 Å². The van der Waals surface area contributed by atoms with Crippen LogP contribution in [0.5, 0.6) is 0 Å². The number of rotatable bonds is 6. The zero-order valence-corrected chi connectivity index (χ0v) is 12.8. The van der Waals surface area contributed by atoms with E-state index in [-0.39, 0.29) is 18.7 Å². The highest BCUT2D eigenvalue weighted by molar-refractivity contribution is 7.87. The molecule has 5 nitrogen and oxygen atoms in total. The van der Waals surface area contributed by atoms with Crippen LogP contribution >= 0.6 is 0 Å². The molecule has 0 aliphatic heterocycles. The molecule has 0 amide bonds. The van der Waals surface area contributed by atoms with E-state index in [2.05, 4.69) is 21.3 Å². The van der Waals surface area contributed by atoms with Crippen LogP contribution in [-0.2, 0) is 10.2 Å². The zero-order valence-electron chi connectivity index (χ0n) is 12.0. The molecule has 1 aromatic carbocycles. The molecule has 0 bridgehead atoms. The van der Waals surface area contributed by atoms with Gasteiger partial charge in [-0.3, -0.25) is 0 Å². The monoisotopic (exact) mass is 308 g/mol. The van der Waals surface area contributed by atoms with E-state index < -0.39 is 10.2 Å². The van der Waals surface area contributed by atoms with Gasteiger partial charge in [0.1, 0.15) is 0 Å². The van der Waals surface area contributed by atoms with Crippen molar-refractivity contribution in [1.82, 2.24) is 9.44 Å². The molecule has 0 spiro atoms. The van der Waals surface area contributed by atoms with Crippen LogP contribution in [0.2, 0.25) is 0 Å². The molecule has 1 fully saturated rings. The lowest BCUT2D eigenvalue weighted by molar-refractivity contribution is 0.305. The van der Waals surface area contributed by atoms with E-state index in [0.717, 1.165) is 24.0 Å². The molecular weight excluding hydrogens is 288 g/mol. The zero-order chi connectivity index (χ0) is 15.3. The Balaban J connectivity index is 1.96. The first kappa shape index (κ1) is 16.0. The van der Waals surface area contributed by atoms with Crippen molar-refractivity contribution in [2.24, 2.45) is 0 Å². The summed E-state index contributed by atoms with van der Waals surface area (Å²) in [4.78, 5) is 0. The third-order valence-corrected chi connectivity index (χ3v) is 4.42. The highest BCUT2D eigenvalue weighted by atomic mass is 32.2. The molecule has 1 aliphatic rings. The van der Waals surface area contributed by atoms with E-state index in [1.165, 1.54) is 0 Å². The van der Waals surface area contributed by atoms with Gasteiger partial charge in [-0.2, -0.15) is 17.9 Å². The average Bonchev–Trinajstić information content (AvgIpc) is 3.22. The van der Waals surface area contributed by atoms with Crippen molar-refractivity contribution >= 4 is 10.2 Å². The van der Waals surface area contributed by atoms with Crippen molar-refractivity contribution in [3.63, 3.8) is 0 Å². The summed E-state index contributed by atoms with van der Waals surface area (Å²) in [5.41, 5.74) is 1.72. The van der Waals surface area contributed by atoms with Gasteiger partial charge in [-0.05, 0) is 37.5 Å². The van der Waals surface area contributed by atoms with Crippen LogP contribution in [0.15, 0.2) is 24.3 Å². The summed E-state index contributed by atoms with van der Waals surface area (Å²) in [5.74, 6) is 5.78. The Morgan fingerprint density at radius 1 is 1.33 bits per heavy atom. The van der Waals surface area contributed by atoms with E-state index in [1.807, 2.05) is 24.3 Å². The number of benzene rings is 1. The van der Waals surface area contributed by atoms with E-state index in [4.69, 9.17) is 5.11 Å². The van der Waals surface area contributed by atoms with E-state index in [1.54, 1.807) is 6.92 Å². The van der Waals surface area contributed by atoms with Gasteiger partial charge in [0, 0.05) is 24.1 Å². The van der Waals surface area contributed by atoms with Crippen LogP contribution in [0, 0.1) is 11.8 Å². The Bertz CT molecular complexity index is 625. The molecule has 1 aromatic rings. The Kier molecular flexibility index (Phi) is 5.37. The highest BCUT2D eigenvalue weighted by Crippen LogP contribution is 2.20. The van der Waals surface area contributed by atoms with Gasteiger partial charge in [-0.25, -0.2) is 0 Å². The molecule has 1 atom stereocenters. The molecule has 0 heterocycles. The third kappa shape index (κ3) is 5.48. The fourth-order valence-corrected chi connectivity index (χ4v) is 3.18. The molecule has 0 aromatic heterocycles. The maximum atomic E-state index is 11.8. The fourth-order valence-electron chi connectivity index (χ4n) is 1.83. The standard InChI is InChI=1S/C15H20N2O3S/c1-12(16-21(19,20)17-15-9-10-15)14-7-5-13(6-8-14)4-2-3-11-18/h5-8,12,15-18H,3,9-11H2,1H3. The second-order valence-electron chi connectivity index (χ2n) is 5.13. The number of aliphatic hydroxyl groups excluding tert-OH is 1. The van der Waals surface area contributed by atoms with Crippen molar-refractivity contribution in [3.8, 4) is 11.8 Å². The lowest BCUT2D eigenvalue weighted by Gasteiger charge is -2.15. The SMILES string of the molecule is CC(NS(=O)(=O)NC1CC1)c1ccc(C#CCCO)cc1. The summed E-state index contributed by atoms with van der Waals surface area (Å²) in [7, 11) is -3.45. The van der Waals surface area contributed by atoms with Crippen LogP contribution in [0.4, 0.5) is 0 Å². The Morgan fingerprint density at radius 3 is 2.57 bits per heavy atom. The molecule has 1 unspecified atom stereocenters. The van der Waals surface area contributed by atoms with Crippen LogP contribution in [0.25, 0.3) is 0 Å². The van der Waals surface area contributed by atoms with Gasteiger partial charge in [-0.15, -0.1) is 0 Å².